The second kappa shape index (κ2) is 10.4. The van der Waals surface area contributed by atoms with Crippen LogP contribution in [-0.4, -0.2) is 61.9 Å². The van der Waals surface area contributed by atoms with Gasteiger partial charge in [-0.3, -0.25) is 19.6 Å². The number of benzene rings is 2. The third-order valence-electron chi connectivity index (χ3n) is 8.11. The summed E-state index contributed by atoms with van der Waals surface area (Å²) in [5, 5.41) is 0. The Morgan fingerprint density at radius 1 is 0.875 bits per heavy atom. The molecule has 8 nitrogen and oxygen atoms in total. The molecule has 3 heterocycles. The van der Waals surface area contributed by atoms with E-state index in [2.05, 4.69) is 23.1 Å². The van der Waals surface area contributed by atoms with Gasteiger partial charge in [0.15, 0.2) is 17.3 Å². The van der Waals surface area contributed by atoms with E-state index in [-0.39, 0.29) is 29.6 Å². The minimum atomic E-state index is -0.0785. The molecule has 1 saturated heterocycles. The summed E-state index contributed by atoms with van der Waals surface area (Å²) in [6, 6.07) is 7.15. The lowest BCUT2D eigenvalue weighted by Gasteiger charge is -2.20. The lowest BCUT2D eigenvalue weighted by atomic mass is 9.89. The predicted molar refractivity (Wildman–Crippen MR) is 154 cm³/mol. The van der Waals surface area contributed by atoms with Gasteiger partial charge in [-0.1, -0.05) is 24.3 Å². The van der Waals surface area contributed by atoms with Gasteiger partial charge in [-0.05, 0) is 43.9 Å². The molecule has 3 atom stereocenters. The highest BCUT2D eigenvalue weighted by atomic mass is 16.5. The van der Waals surface area contributed by atoms with Crippen LogP contribution in [0.25, 0.3) is 0 Å². The number of methoxy groups -OCH3 is 1. The van der Waals surface area contributed by atoms with Gasteiger partial charge in [-0.2, -0.15) is 0 Å². The van der Waals surface area contributed by atoms with Gasteiger partial charge in [0.25, 0.3) is 5.91 Å². The molecular formula is C32H33N3O5. The Morgan fingerprint density at radius 3 is 2.40 bits per heavy atom. The molecule has 0 aromatic heterocycles. The first kappa shape index (κ1) is 26.0. The van der Waals surface area contributed by atoms with Crippen LogP contribution in [0.4, 0.5) is 11.4 Å². The topological polar surface area (TPSA) is 89.8 Å². The molecular weight excluding hydrogens is 506 g/mol. The summed E-state index contributed by atoms with van der Waals surface area (Å²) in [5.74, 6) is 1.85. The van der Waals surface area contributed by atoms with Crippen LogP contribution in [0.2, 0.25) is 0 Å². The van der Waals surface area contributed by atoms with Crippen LogP contribution in [0.1, 0.15) is 52.0 Å². The van der Waals surface area contributed by atoms with Crippen LogP contribution in [0.5, 0.6) is 17.2 Å². The molecule has 206 valence electrons. The molecule has 6 rings (SSSR count). The number of Topliss-reactive ketones (excluding diaryl/α,β-unsaturated/α-hetero) is 1. The number of allylic oxidation sites excluding steroid dienone is 1. The summed E-state index contributed by atoms with van der Waals surface area (Å²) in [6.07, 6.45) is 6.63. The molecule has 2 aromatic carbocycles. The molecule has 8 heteroatoms. The van der Waals surface area contributed by atoms with E-state index in [4.69, 9.17) is 14.2 Å². The van der Waals surface area contributed by atoms with Gasteiger partial charge in [-0.15, -0.1) is 0 Å². The van der Waals surface area contributed by atoms with Gasteiger partial charge in [0, 0.05) is 54.9 Å². The number of carbonyl (C=O) groups is 2. The number of hydrogen-bond acceptors (Lipinski definition) is 7. The van der Waals surface area contributed by atoms with Crippen molar-refractivity contribution in [2.24, 2.45) is 21.8 Å². The molecule has 4 aliphatic rings. The smallest absolute Gasteiger partial charge is 0.257 e. The van der Waals surface area contributed by atoms with Crippen molar-refractivity contribution in [3.8, 4) is 17.2 Å². The van der Waals surface area contributed by atoms with E-state index in [0.29, 0.717) is 65.9 Å². The maximum absolute atomic E-state index is 13.2. The number of ketones is 1. The number of ether oxygens (including phenoxy) is 3. The quantitative estimate of drug-likeness (QED) is 0.327. The Labute approximate surface area is 234 Å². The van der Waals surface area contributed by atoms with Gasteiger partial charge in [-0.25, -0.2) is 0 Å². The number of nitrogens with zero attached hydrogens (tertiary/aromatic N) is 3. The summed E-state index contributed by atoms with van der Waals surface area (Å²) >= 11 is 0. The molecule has 40 heavy (non-hydrogen) atoms. The van der Waals surface area contributed by atoms with E-state index < -0.39 is 0 Å². The number of carbonyl (C=O) groups excluding carboxylic acids is 2. The van der Waals surface area contributed by atoms with E-state index >= 15 is 0 Å². The van der Waals surface area contributed by atoms with Crippen LogP contribution in [-0.2, 0) is 0 Å². The normalized spacial score (nSPS) is 22.9. The number of hydrogen-bond donors (Lipinski definition) is 0. The molecule has 0 radical (unpaired) electrons. The Hall–Kier alpha value is -4.20. The van der Waals surface area contributed by atoms with Crippen LogP contribution >= 0.6 is 0 Å². The minimum Gasteiger partial charge on any atom is -0.493 e. The van der Waals surface area contributed by atoms with Crippen molar-refractivity contribution in [1.82, 2.24) is 4.90 Å². The Morgan fingerprint density at radius 2 is 1.60 bits per heavy atom. The average Bonchev–Trinajstić information content (AvgIpc) is 3.45. The zero-order valence-corrected chi connectivity index (χ0v) is 22.9. The van der Waals surface area contributed by atoms with Gasteiger partial charge in [0.1, 0.15) is 5.75 Å². The number of rotatable bonds is 7. The number of aryl methyl sites for hydroxylation is 1. The third kappa shape index (κ3) is 4.72. The SMILES string of the molecule is C=C1CC2C(=O)c3cc(C)c(OCCCOc4cc5c(cc4OC)C(=O)N4CC(=C)C[C@H]4C=N5)cc3N=C[C@@H]2C1. The predicted octanol–water partition coefficient (Wildman–Crippen LogP) is 5.82. The molecule has 1 amide bonds. The molecule has 2 aromatic rings. The lowest BCUT2D eigenvalue weighted by Crippen LogP contribution is -2.35. The van der Waals surface area contributed by atoms with E-state index in [9.17, 15) is 9.59 Å². The molecule has 2 fully saturated rings. The van der Waals surface area contributed by atoms with Crippen LogP contribution in [0.3, 0.4) is 0 Å². The highest BCUT2D eigenvalue weighted by molar-refractivity contribution is 6.06. The van der Waals surface area contributed by atoms with E-state index in [1.807, 2.05) is 31.5 Å². The second-order valence-corrected chi connectivity index (χ2v) is 11.0. The first-order valence-electron chi connectivity index (χ1n) is 13.7. The summed E-state index contributed by atoms with van der Waals surface area (Å²) in [5.41, 5.74) is 5.44. The van der Waals surface area contributed by atoms with Crippen molar-refractivity contribution in [3.63, 3.8) is 0 Å². The average molecular weight is 540 g/mol. The maximum atomic E-state index is 13.2. The minimum absolute atomic E-state index is 0.0632. The fourth-order valence-corrected chi connectivity index (χ4v) is 6.01. The lowest BCUT2D eigenvalue weighted by molar-refractivity contribution is 0.0777. The maximum Gasteiger partial charge on any atom is 0.257 e. The van der Waals surface area contributed by atoms with Crippen molar-refractivity contribution in [2.45, 2.75) is 38.6 Å². The first-order chi connectivity index (χ1) is 19.3. The van der Waals surface area contributed by atoms with E-state index in [1.165, 1.54) is 0 Å². The Kier molecular flexibility index (Phi) is 6.78. The van der Waals surface area contributed by atoms with Gasteiger partial charge >= 0.3 is 0 Å². The number of fused-ring (bicyclic) bond motifs is 4. The van der Waals surface area contributed by atoms with Crippen LogP contribution in [0, 0.1) is 18.8 Å². The van der Waals surface area contributed by atoms with Gasteiger partial charge in [0.2, 0.25) is 0 Å². The van der Waals surface area contributed by atoms with Crippen molar-refractivity contribution in [2.75, 3.05) is 26.9 Å². The summed E-state index contributed by atoms with van der Waals surface area (Å²) in [4.78, 5) is 37.4. The van der Waals surface area contributed by atoms with E-state index in [1.54, 1.807) is 24.1 Å². The van der Waals surface area contributed by atoms with Crippen LogP contribution < -0.4 is 14.2 Å². The van der Waals surface area contributed by atoms with Gasteiger partial charge in [0.05, 0.1) is 43.3 Å². The van der Waals surface area contributed by atoms with Gasteiger partial charge < -0.3 is 19.1 Å². The standard InChI is InChI=1S/C32H33N3O5/c1-18-8-21-15-33-26-13-28(20(3)11-24(26)31(36)23(21)10-18)39-6-5-7-40-30-14-27-25(12-29(30)38-4)32(37)35-17-19(2)9-22(35)16-34-27/h11-16,21-23H,1-2,5-10,17H2,3-4H3/t21-,22-,23?/m0/s1. The molecule has 1 saturated carbocycles. The zero-order valence-electron chi connectivity index (χ0n) is 22.9. The fraction of sp³-hybridized carbons (Fsp3) is 0.375. The Balaban J connectivity index is 1.09. The first-order valence-corrected chi connectivity index (χ1v) is 13.7. The van der Waals surface area contributed by atoms with E-state index in [0.717, 1.165) is 36.0 Å². The second-order valence-electron chi connectivity index (χ2n) is 11.0. The monoisotopic (exact) mass is 539 g/mol. The highest BCUT2D eigenvalue weighted by Crippen LogP contribution is 2.42. The Bertz CT molecular complexity index is 1490. The van der Waals surface area contributed by atoms with Crippen molar-refractivity contribution < 1.29 is 23.8 Å². The molecule has 1 aliphatic carbocycles. The summed E-state index contributed by atoms with van der Waals surface area (Å²) in [7, 11) is 1.56. The zero-order chi connectivity index (χ0) is 28.0. The van der Waals surface area contributed by atoms with Crippen molar-refractivity contribution >= 4 is 35.5 Å². The molecule has 0 N–H and O–H groups in total. The van der Waals surface area contributed by atoms with Crippen molar-refractivity contribution in [3.05, 3.63) is 65.3 Å². The summed E-state index contributed by atoms with van der Waals surface area (Å²) < 4.78 is 17.6. The largest absolute Gasteiger partial charge is 0.493 e. The molecule has 1 unspecified atom stereocenters. The number of amides is 1. The number of aliphatic imine (C=N–C) groups is 2. The highest BCUT2D eigenvalue weighted by Gasteiger charge is 2.37. The fourth-order valence-electron chi connectivity index (χ4n) is 6.01. The molecule has 0 bridgehead atoms. The van der Waals surface area contributed by atoms with Crippen molar-refractivity contribution in [1.29, 1.82) is 0 Å². The molecule has 0 spiro atoms. The van der Waals surface area contributed by atoms with Crippen LogP contribution in [0.15, 0.2) is 58.6 Å². The summed E-state index contributed by atoms with van der Waals surface area (Å²) in [6.45, 7) is 11.4. The third-order valence-corrected chi connectivity index (χ3v) is 8.11. The molecule has 3 aliphatic heterocycles.